The summed E-state index contributed by atoms with van der Waals surface area (Å²) in [6.07, 6.45) is 2.51. The highest BCUT2D eigenvalue weighted by atomic mass is 16.5. The largest absolute Gasteiger partial charge is 0.493 e. The Morgan fingerprint density at radius 2 is 1.92 bits per heavy atom. The predicted octanol–water partition coefficient (Wildman–Crippen LogP) is 4.95. The average molecular weight is 490 g/mol. The minimum Gasteiger partial charge on any atom is -0.493 e. The van der Waals surface area contributed by atoms with Crippen molar-refractivity contribution in [2.75, 3.05) is 32.1 Å². The first-order valence-corrected chi connectivity index (χ1v) is 12.4. The van der Waals surface area contributed by atoms with Crippen molar-refractivity contribution in [3.8, 4) is 11.5 Å². The number of carbonyl (C=O) groups is 1. The molecule has 1 aromatic heterocycles. The Balaban J connectivity index is 1.45. The summed E-state index contributed by atoms with van der Waals surface area (Å²) in [5.41, 5.74) is 2.70. The molecular weight excluding hydrogens is 454 g/mol. The topological polar surface area (TPSA) is 64.1 Å². The molecule has 0 radical (unpaired) electrons. The van der Waals surface area contributed by atoms with Crippen LogP contribution in [0.1, 0.15) is 41.8 Å². The minimum absolute atomic E-state index is 0.181. The second-order valence-electron chi connectivity index (χ2n) is 9.34. The Morgan fingerprint density at radius 1 is 1.11 bits per heavy atom. The number of nitrogens with zero attached hydrogens (tertiary/aromatic N) is 3. The van der Waals surface area contributed by atoms with E-state index in [0.717, 1.165) is 48.7 Å². The first-order valence-electron chi connectivity index (χ1n) is 12.4. The summed E-state index contributed by atoms with van der Waals surface area (Å²) in [5, 5.41) is 0. The number of methoxy groups -OCH3 is 1. The van der Waals surface area contributed by atoms with Gasteiger partial charge in [-0.05, 0) is 44.0 Å². The zero-order valence-corrected chi connectivity index (χ0v) is 21.5. The first kappa shape index (κ1) is 25.5. The molecule has 1 fully saturated rings. The maximum Gasteiger partial charge on any atom is 0.342 e. The SMILES string of the molecule is COc1cccc(CN2CCC(N(C)c3ncccc3C(=O)OC(C)C)C2)c1OCc1ccccc1. The lowest BCUT2D eigenvalue weighted by Crippen LogP contribution is -2.36. The summed E-state index contributed by atoms with van der Waals surface area (Å²) in [5.74, 6) is 1.83. The molecule has 1 unspecified atom stereocenters. The van der Waals surface area contributed by atoms with E-state index in [2.05, 4.69) is 33.0 Å². The Bertz CT molecular complexity index is 1150. The van der Waals surface area contributed by atoms with Gasteiger partial charge in [-0.2, -0.15) is 0 Å². The molecule has 0 amide bonds. The molecule has 1 aliphatic rings. The smallest absolute Gasteiger partial charge is 0.342 e. The van der Waals surface area contributed by atoms with Crippen LogP contribution in [0.4, 0.5) is 5.82 Å². The highest BCUT2D eigenvalue weighted by Crippen LogP contribution is 2.34. The number of ether oxygens (including phenoxy) is 3. The maximum absolute atomic E-state index is 12.6. The molecule has 4 rings (SSSR count). The van der Waals surface area contributed by atoms with Crippen LogP contribution in [0.25, 0.3) is 0 Å². The monoisotopic (exact) mass is 489 g/mol. The molecule has 0 saturated carbocycles. The van der Waals surface area contributed by atoms with E-state index >= 15 is 0 Å². The van der Waals surface area contributed by atoms with E-state index in [0.29, 0.717) is 18.0 Å². The molecule has 0 bridgehead atoms. The number of anilines is 1. The highest BCUT2D eigenvalue weighted by Gasteiger charge is 2.30. The van der Waals surface area contributed by atoms with Gasteiger partial charge in [0.25, 0.3) is 0 Å². The van der Waals surface area contributed by atoms with Crippen LogP contribution in [0.2, 0.25) is 0 Å². The van der Waals surface area contributed by atoms with Crippen molar-refractivity contribution in [1.29, 1.82) is 0 Å². The molecule has 2 heterocycles. The van der Waals surface area contributed by atoms with Gasteiger partial charge in [-0.3, -0.25) is 4.90 Å². The van der Waals surface area contributed by atoms with Gasteiger partial charge in [0, 0.05) is 44.5 Å². The number of para-hydroxylation sites is 1. The van der Waals surface area contributed by atoms with Crippen molar-refractivity contribution >= 4 is 11.8 Å². The number of esters is 1. The van der Waals surface area contributed by atoms with E-state index in [1.165, 1.54) is 0 Å². The van der Waals surface area contributed by atoms with Crippen LogP contribution in [-0.2, 0) is 17.9 Å². The molecule has 1 saturated heterocycles. The van der Waals surface area contributed by atoms with Gasteiger partial charge in [0.15, 0.2) is 11.5 Å². The molecule has 7 heteroatoms. The molecule has 0 N–H and O–H groups in total. The third-order valence-electron chi connectivity index (χ3n) is 6.38. The van der Waals surface area contributed by atoms with Gasteiger partial charge in [0.05, 0.1) is 13.2 Å². The van der Waals surface area contributed by atoms with E-state index in [-0.39, 0.29) is 18.1 Å². The van der Waals surface area contributed by atoms with Gasteiger partial charge in [-0.25, -0.2) is 9.78 Å². The number of carbonyl (C=O) groups excluding carboxylic acids is 1. The van der Waals surface area contributed by atoms with Crippen molar-refractivity contribution in [3.63, 3.8) is 0 Å². The molecule has 36 heavy (non-hydrogen) atoms. The molecule has 0 spiro atoms. The van der Waals surface area contributed by atoms with Crippen molar-refractivity contribution in [1.82, 2.24) is 9.88 Å². The van der Waals surface area contributed by atoms with Gasteiger partial charge in [0.2, 0.25) is 0 Å². The minimum atomic E-state index is -0.341. The number of rotatable bonds is 10. The number of aromatic nitrogens is 1. The fourth-order valence-corrected chi connectivity index (χ4v) is 4.54. The quantitative estimate of drug-likeness (QED) is 0.374. The van der Waals surface area contributed by atoms with Gasteiger partial charge in [0.1, 0.15) is 18.0 Å². The zero-order chi connectivity index (χ0) is 25.5. The molecule has 0 aliphatic carbocycles. The van der Waals surface area contributed by atoms with Crippen LogP contribution in [-0.4, -0.2) is 55.2 Å². The van der Waals surface area contributed by atoms with Crippen LogP contribution in [0.15, 0.2) is 66.9 Å². The van der Waals surface area contributed by atoms with Crippen LogP contribution >= 0.6 is 0 Å². The third-order valence-corrected chi connectivity index (χ3v) is 6.38. The lowest BCUT2D eigenvalue weighted by atomic mass is 10.1. The van der Waals surface area contributed by atoms with E-state index in [1.54, 1.807) is 25.4 Å². The molecular formula is C29H35N3O4. The second kappa shape index (κ2) is 11.9. The number of likely N-dealkylation sites (tertiary alicyclic amines) is 1. The van der Waals surface area contributed by atoms with Crippen molar-refractivity contribution in [3.05, 3.63) is 83.6 Å². The van der Waals surface area contributed by atoms with Crippen LogP contribution in [0.5, 0.6) is 11.5 Å². The summed E-state index contributed by atoms with van der Waals surface area (Å²) >= 11 is 0. The molecule has 190 valence electrons. The van der Waals surface area contributed by atoms with E-state index in [9.17, 15) is 4.79 Å². The fourth-order valence-electron chi connectivity index (χ4n) is 4.54. The predicted molar refractivity (Wildman–Crippen MR) is 141 cm³/mol. The van der Waals surface area contributed by atoms with Crippen LogP contribution in [0.3, 0.4) is 0 Å². The van der Waals surface area contributed by atoms with Gasteiger partial charge >= 0.3 is 5.97 Å². The number of benzene rings is 2. The zero-order valence-electron chi connectivity index (χ0n) is 21.5. The molecule has 3 aromatic rings. The summed E-state index contributed by atoms with van der Waals surface area (Å²) < 4.78 is 17.3. The normalized spacial score (nSPS) is 15.6. The summed E-state index contributed by atoms with van der Waals surface area (Å²) in [7, 11) is 3.67. The fraction of sp³-hybridized carbons (Fsp3) is 0.379. The lowest BCUT2D eigenvalue weighted by molar-refractivity contribution is 0.0378. The summed E-state index contributed by atoms with van der Waals surface area (Å²) in [4.78, 5) is 21.7. The van der Waals surface area contributed by atoms with Crippen molar-refractivity contribution in [2.45, 2.75) is 45.6 Å². The molecule has 1 atom stereocenters. The number of likely N-dealkylation sites (N-methyl/N-ethyl adjacent to an activating group) is 1. The van der Waals surface area contributed by atoms with E-state index in [4.69, 9.17) is 14.2 Å². The number of hydrogen-bond acceptors (Lipinski definition) is 7. The lowest BCUT2D eigenvalue weighted by Gasteiger charge is -2.27. The Labute approximate surface area is 213 Å². The van der Waals surface area contributed by atoms with Crippen molar-refractivity contribution < 1.29 is 19.0 Å². The molecule has 2 aromatic carbocycles. The summed E-state index contributed by atoms with van der Waals surface area (Å²) in [6.45, 7) is 6.71. The maximum atomic E-state index is 12.6. The van der Waals surface area contributed by atoms with E-state index in [1.807, 2.05) is 51.2 Å². The van der Waals surface area contributed by atoms with Crippen molar-refractivity contribution in [2.24, 2.45) is 0 Å². The van der Waals surface area contributed by atoms with Crippen LogP contribution < -0.4 is 14.4 Å². The Kier molecular flexibility index (Phi) is 8.44. The number of pyridine rings is 1. The molecule has 7 nitrogen and oxygen atoms in total. The average Bonchev–Trinajstić information content (AvgIpc) is 3.36. The van der Waals surface area contributed by atoms with Gasteiger partial charge in [-0.15, -0.1) is 0 Å². The van der Waals surface area contributed by atoms with E-state index < -0.39 is 0 Å². The standard InChI is InChI=1S/C29H35N3O4/c1-21(2)36-29(33)25-13-9-16-30-28(25)31(3)24-15-17-32(19-24)18-23-12-8-14-26(34-4)27(23)35-20-22-10-6-5-7-11-22/h5-14,16,21,24H,15,17-20H2,1-4H3. The van der Waals surface area contributed by atoms with Gasteiger partial charge < -0.3 is 19.1 Å². The number of hydrogen-bond donors (Lipinski definition) is 0. The Morgan fingerprint density at radius 3 is 2.67 bits per heavy atom. The summed E-state index contributed by atoms with van der Waals surface area (Å²) in [6, 6.07) is 19.9. The van der Waals surface area contributed by atoms with Crippen LogP contribution in [0, 0.1) is 0 Å². The second-order valence-corrected chi connectivity index (χ2v) is 9.34. The first-order chi connectivity index (χ1) is 17.5. The van der Waals surface area contributed by atoms with Gasteiger partial charge in [-0.1, -0.05) is 42.5 Å². The highest BCUT2D eigenvalue weighted by molar-refractivity contribution is 5.94. The Hall–Kier alpha value is -3.58. The molecule has 1 aliphatic heterocycles. The third kappa shape index (κ3) is 6.15.